The van der Waals surface area contributed by atoms with Crippen LogP contribution < -0.4 is 10.1 Å². The summed E-state index contributed by atoms with van der Waals surface area (Å²) in [5, 5.41) is 3.63. The largest absolute Gasteiger partial charge is 0.488 e. The number of nitrogens with one attached hydrogen (secondary N) is 1. The Bertz CT molecular complexity index is 658. The zero-order chi connectivity index (χ0) is 17.7. The monoisotopic (exact) mass is 326 g/mol. The molecule has 2 rings (SSSR count). The molecular formula is C21H30N2O. The fourth-order valence-corrected chi connectivity index (χ4v) is 3.26. The van der Waals surface area contributed by atoms with Crippen LogP contribution >= 0.6 is 0 Å². The number of hydrogen-bond donors (Lipinski definition) is 1. The van der Waals surface area contributed by atoms with Crippen molar-refractivity contribution < 1.29 is 4.74 Å². The van der Waals surface area contributed by atoms with Gasteiger partial charge in [-0.2, -0.15) is 0 Å². The van der Waals surface area contributed by atoms with Gasteiger partial charge in [-0.05, 0) is 63.8 Å². The van der Waals surface area contributed by atoms with Gasteiger partial charge in [0, 0.05) is 17.6 Å². The molecule has 1 aromatic carbocycles. The maximum Gasteiger partial charge on any atom is 0.125 e. The molecule has 130 valence electrons. The van der Waals surface area contributed by atoms with Gasteiger partial charge in [0.1, 0.15) is 11.9 Å². The Morgan fingerprint density at radius 1 is 1.00 bits per heavy atom. The van der Waals surface area contributed by atoms with E-state index < -0.39 is 0 Å². The first-order valence-electron chi connectivity index (χ1n) is 8.88. The topological polar surface area (TPSA) is 34.2 Å². The summed E-state index contributed by atoms with van der Waals surface area (Å²) in [4.78, 5) is 4.27. The van der Waals surface area contributed by atoms with Crippen LogP contribution in [0.1, 0.15) is 49.1 Å². The summed E-state index contributed by atoms with van der Waals surface area (Å²) in [6, 6.07) is 8.74. The Kier molecular flexibility index (Phi) is 6.24. The van der Waals surface area contributed by atoms with Gasteiger partial charge >= 0.3 is 0 Å². The first-order chi connectivity index (χ1) is 11.4. The van der Waals surface area contributed by atoms with E-state index in [2.05, 4.69) is 63.1 Å². The van der Waals surface area contributed by atoms with Gasteiger partial charge in [0.2, 0.25) is 0 Å². The first kappa shape index (κ1) is 18.3. The average Bonchev–Trinajstić information content (AvgIpc) is 2.52. The molecule has 0 radical (unpaired) electrons. The van der Waals surface area contributed by atoms with Crippen molar-refractivity contribution in [2.45, 2.75) is 66.5 Å². The summed E-state index contributed by atoms with van der Waals surface area (Å²) in [6.07, 6.45) is 3.94. The maximum absolute atomic E-state index is 6.46. The SMILES string of the molecule is CCC(Nc1ccnc(C)c1)C(CC)Oc1c(C)cc(C)cc1C. The number of ether oxygens (including phenoxy) is 1. The van der Waals surface area contributed by atoms with Crippen molar-refractivity contribution in [3.05, 3.63) is 52.8 Å². The van der Waals surface area contributed by atoms with Crippen LogP contribution in [0.4, 0.5) is 5.69 Å². The predicted molar refractivity (Wildman–Crippen MR) is 102 cm³/mol. The summed E-state index contributed by atoms with van der Waals surface area (Å²) in [6.45, 7) is 12.8. The second-order valence-electron chi connectivity index (χ2n) is 6.64. The standard InChI is InChI=1S/C21H30N2O/c1-7-19(23-18-9-10-22-17(6)13-18)20(8-2)24-21-15(4)11-14(3)12-16(21)5/h9-13,19-20H,7-8H2,1-6H3,(H,22,23). The van der Waals surface area contributed by atoms with Crippen molar-refractivity contribution in [2.75, 3.05) is 5.32 Å². The fourth-order valence-electron chi connectivity index (χ4n) is 3.26. The molecule has 0 saturated heterocycles. The van der Waals surface area contributed by atoms with Crippen molar-refractivity contribution in [3.63, 3.8) is 0 Å². The second kappa shape index (κ2) is 8.18. The number of anilines is 1. The number of nitrogens with zero attached hydrogens (tertiary/aromatic N) is 1. The normalized spacial score (nSPS) is 13.4. The number of hydrogen-bond acceptors (Lipinski definition) is 3. The molecule has 1 heterocycles. The summed E-state index contributed by atoms with van der Waals surface area (Å²) >= 11 is 0. The van der Waals surface area contributed by atoms with Gasteiger partial charge in [0.05, 0.1) is 6.04 Å². The van der Waals surface area contributed by atoms with Crippen LogP contribution in [0.25, 0.3) is 0 Å². The van der Waals surface area contributed by atoms with Crippen molar-refractivity contribution >= 4 is 5.69 Å². The molecule has 0 bridgehead atoms. The molecular weight excluding hydrogens is 296 g/mol. The highest BCUT2D eigenvalue weighted by molar-refractivity contribution is 5.45. The molecule has 0 aliphatic heterocycles. The predicted octanol–water partition coefficient (Wildman–Crippen LogP) is 5.36. The zero-order valence-corrected chi connectivity index (χ0v) is 15.8. The second-order valence-corrected chi connectivity index (χ2v) is 6.64. The third kappa shape index (κ3) is 4.50. The molecule has 3 nitrogen and oxygen atoms in total. The molecule has 2 aromatic rings. The third-order valence-electron chi connectivity index (χ3n) is 4.41. The maximum atomic E-state index is 6.46. The van der Waals surface area contributed by atoms with Gasteiger partial charge in [-0.25, -0.2) is 0 Å². The minimum absolute atomic E-state index is 0.128. The Morgan fingerprint density at radius 2 is 1.67 bits per heavy atom. The van der Waals surface area contributed by atoms with E-state index in [1.165, 1.54) is 16.7 Å². The van der Waals surface area contributed by atoms with Crippen LogP contribution in [0, 0.1) is 27.7 Å². The van der Waals surface area contributed by atoms with E-state index in [1.54, 1.807) is 0 Å². The van der Waals surface area contributed by atoms with E-state index in [4.69, 9.17) is 4.74 Å². The molecule has 0 spiro atoms. The van der Waals surface area contributed by atoms with E-state index >= 15 is 0 Å². The van der Waals surface area contributed by atoms with Gasteiger partial charge < -0.3 is 10.1 Å². The number of benzene rings is 1. The third-order valence-corrected chi connectivity index (χ3v) is 4.41. The van der Waals surface area contributed by atoms with Crippen LogP contribution in [0.5, 0.6) is 5.75 Å². The number of aromatic nitrogens is 1. The van der Waals surface area contributed by atoms with E-state index in [9.17, 15) is 0 Å². The summed E-state index contributed by atoms with van der Waals surface area (Å²) in [5.41, 5.74) is 5.83. The molecule has 2 atom stereocenters. The number of pyridine rings is 1. The smallest absolute Gasteiger partial charge is 0.125 e. The van der Waals surface area contributed by atoms with Crippen LogP contribution in [0.3, 0.4) is 0 Å². The van der Waals surface area contributed by atoms with Crippen LogP contribution in [-0.2, 0) is 0 Å². The zero-order valence-electron chi connectivity index (χ0n) is 15.8. The lowest BCUT2D eigenvalue weighted by Gasteiger charge is -2.29. The van der Waals surface area contributed by atoms with Gasteiger partial charge in [0.15, 0.2) is 0 Å². The van der Waals surface area contributed by atoms with Gasteiger partial charge in [0.25, 0.3) is 0 Å². The van der Waals surface area contributed by atoms with Crippen LogP contribution in [0.2, 0.25) is 0 Å². The Hall–Kier alpha value is -2.03. The summed E-state index contributed by atoms with van der Waals surface area (Å²) in [7, 11) is 0. The Balaban J connectivity index is 2.19. The molecule has 0 aliphatic rings. The molecule has 24 heavy (non-hydrogen) atoms. The van der Waals surface area contributed by atoms with E-state index in [-0.39, 0.29) is 12.1 Å². The van der Waals surface area contributed by atoms with Crippen molar-refractivity contribution in [1.29, 1.82) is 0 Å². The highest BCUT2D eigenvalue weighted by Gasteiger charge is 2.22. The van der Waals surface area contributed by atoms with Crippen LogP contribution in [-0.4, -0.2) is 17.1 Å². The minimum Gasteiger partial charge on any atom is -0.488 e. The lowest BCUT2D eigenvalue weighted by molar-refractivity contribution is 0.169. The minimum atomic E-state index is 0.128. The summed E-state index contributed by atoms with van der Waals surface area (Å²) in [5.74, 6) is 1.03. The molecule has 3 heteroatoms. The lowest BCUT2D eigenvalue weighted by Crippen LogP contribution is -2.37. The molecule has 1 N–H and O–H groups in total. The molecule has 0 saturated carbocycles. The highest BCUT2D eigenvalue weighted by atomic mass is 16.5. The molecule has 0 fully saturated rings. The van der Waals surface area contributed by atoms with E-state index in [0.29, 0.717) is 0 Å². The quantitative estimate of drug-likeness (QED) is 0.743. The molecule has 0 aliphatic carbocycles. The Labute approximate surface area is 146 Å². The van der Waals surface area contributed by atoms with Gasteiger partial charge in [-0.3, -0.25) is 4.98 Å². The summed E-state index contributed by atoms with van der Waals surface area (Å²) < 4.78 is 6.46. The van der Waals surface area contributed by atoms with Crippen molar-refractivity contribution in [1.82, 2.24) is 4.98 Å². The average molecular weight is 326 g/mol. The molecule has 2 unspecified atom stereocenters. The van der Waals surface area contributed by atoms with E-state index in [0.717, 1.165) is 30.0 Å². The van der Waals surface area contributed by atoms with Gasteiger partial charge in [-0.15, -0.1) is 0 Å². The van der Waals surface area contributed by atoms with E-state index in [1.807, 2.05) is 19.2 Å². The number of rotatable bonds is 7. The Morgan fingerprint density at radius 3 is 2.21 bits per heavy atom. The van der Waals surface area contributed by atoms with Crippen molar-refractivity contribution in [3.8, 4) is 5.75 Å². The number of aryl methyl sites for hydroxylation is 4. The van der Waals surface area contributed by atoms with Crippen molar-refractivity contribution in [2.24, 2.45) is 0 Å². The van der Waals surface area contributed by atoms with Gasteiger partial charge in [-0.1, -0.05) is 31.5 Å². The molecule has 0 amide bonds. The highest BCUT2D eigenvalue weighted by Crippen LogP contribution is 2.28. The first-order valence-corrected chi connectivity index (χ1v) is 8.88. The van der Waals surface area contributed by atoms with Crippen LogP contribution in [0.15, 0.2) is 30.5 Å². The molecule has 1 aromatic heterocycles. The fraction of sp³-hybridized carbons (Fsp3) is 0.476. The lowest BCUT2D eigenvalue weighted by atomic mass is 10.0.